The number of hydrogen-bond donors (Lipinski definition) is 6. The molecule has 6 radical (unpaired) electrons. The molecule has 0 aliphatic carbocycles. The maximum Gasteiger partial charge on any atom is 0.295 e. The van der Waals surface area contributed by atoms with Crippen molar-refractivity contribution in [2.75, 3.05) is 0 Å². The van der Waals surface area contributed by atoms with Crippen LogP contribution in [0.3, 0.4) is 0 Å². The van der Waals surface area contributed by atoms with Gasteiger partial charge >= 0.3 is 0 Å². The third-order valence-electron chi connectivity index (χ3n) is 10.8. The van der Waals surface area contributed by atoms with Gasteiger partial charge in [-0.15, -0.1) is 20.4 Å². The average molecular weight is 1240 g/mol. The molecule has 9 rings (SSSR count). The van der Waals surface area contributed by atoms with Crippen molar-refractivity contribution < 1.29 is 77.8 Å². The summed E-state index contributed by atoms with van der Waals surface area (Å²) < 4.78 is 206. The number of rotatable bonds is 12. The first-order valence-corrected chi connectivity index (χ1v) is 28.4. The van der Waals surface area contributed by atoms with Crippen molar-refractivity contribution in [3.05, 3.63) is 131 Å². The third kappa shape index (κ3) is 15.4. The van der Waals surface area contributed by atoms with Gasteiger partial charge in [0.05, 0.1) is 21.2 Å². The first kappa shape index (κ1) is 71.1. The molecule has 0 fully saturated rings. The van der Waals surface area contributed by atoms with Crippen molar-refractivity contribution in [1.82, 2.24) is 30.0 Å². The molecule has 78 heavy (non-hydrogen) atoms. The van der Waals surface area contributed by atoms with Gasteiger partial charge in [-0.25, -0.2) is 0 Å². The van der Waals surface area contributed by atoms with Crippen LogP contribution in [0.1, 0.15) is 22.3 Å². The Labute approximate surface area is 576 Å². The molecular weight excluding hydrogens is 1210 g/mol. The van der Waals surface area contributed by atoms with E-state index in [4.69, 9.17) is 0 Å². The molecular formula is C42H28N6Na6O18S6. The molecule has 36 heteroatoms. The van der Waals surface area contributed by atoms with Crippen LogP contribution in [0.5, 0.6) is 0 Å². The zero-order chi connectivity index (χ0) is 52.1. The summed E-state index contributed by atoms with van der Waals surface area (Å²) in [7, 11) is -29.8. The first-order chi connectivity index (χ1) is 33.4. The number of nitrogens with zero attached hydrogens (tertiary/aromatic N) is 6. The van der Waals surface area contributed by atoms with E-state index >= 15 is 0 Å². The van der Waals surface area contributed by atoms with Crippen molar-refractivity contribution in [1.29, 1.82) is 0 Å². The van der Waals surface area contributed by atoms with Crippen LogP contribution >= 0.6 is 0 Å². The summed E-state index contributed by atoms with van der Waals surface area (Å²) in [6.07, 6.45) is 5.77. The summed E-state index contributed by atoms with van der Waals surface area (Å²) in [5, 5.41) is 16.4. The molecule has 0 aliphatic rings. The molecule has 0 saturated carbocycles. The van der Waals surface area contributed by atoms with Crippen molar-refractivity contribution in [3.8, 4) is 11.4 Å². The van der Waals surface area contributed by atoms with E-state index in [1.807, 2.05) is 0 Å². The van der Waals surface area contributed by atoms with E-state index in [2.05, 4.69) is 20.4 Å². The molecule has 6 N–H and O–H groups in total. The van der Waals surface area contributed by atoms with Crippen LogP contribution in [-0.2, 0) is 60.7 Å². The number of aromatic nitrogens is 6. The first-order valence-electron chi connectivity index (χ1n) is 19.7. The summed E-state index contributed by atoms with van der Waals surface area (Å²) in [6.45, 7) is 0. The fourth-order valence-corrected chi connectivity index (χ4v) is 11.7. The van der Waals surface area contributed by atoms with E-state index in [1.54, 1.807) is 24.3 Å². The van der Waals surface area contributed by atoms with E-state index in [0.717, 1.165) is 33.9 Å². The van der Waals surface area contributed by atoms with Gasteiger partial charge < -0.3 is 0 Å². The molecule has 0 aliphatic heterocycles. The molecule has 0 unspecified atom stereocenters. The summed E-state index contributed by atoms with van der Waals surface area (Å²) in [5.41, 5.74) is 0.936. The van der Waals surface area contributed by atoms with Crippen molar-refractivity contribution in [2.24, 2.45) is 0 Å². The fraction of sp³-hybridized carbons (Fsp3) is 0. The van der Waals surface area contributed by atoms with Crippen molar-refractivity contribution in [3.63, 3.8) is 0 Å². The van der Waals surface area contributed by atoms with E-state index in [0.29, 0.717) is 23.3 Å². The Morgan fingerprint density at radius 2 is 0.641 bits per heavy atom. The van der Waals surface area contributed by atoms with Crippen LogP contribution in [0.2, 0.25) is 0 Å². The molecule has 0 amide bonds. The monoisotopic (exact) mass is 1230 g/mol. The Balaban J connectivity index is 0.00000267. The van der Waals surface area contributed by atoms with Crippen LogP contribution in [0, 0.1) is 0 Å². The van der Waals surface area contributed by atoms with Gasteiger partial charge in [0.2, 0.25) is 0 Å². The third-order valence-corrected chi connectivity index (χ3v) is 16.1. The summed E-state index contributed by atoms with van der Waals surface area (Å²) in [5.74, 6) is 0. The Bertz CT molecular complexity index is 4350. The van der Waals surface area contributed by atoms with Crippen LogP contribution in [0.4, 0.5) is 0 Å². The Morgan fingerprint density at radius 1 is 0.321 bits per heavy atom. The van der Waals surface area contributed by atoms with Gasteiger partial charge in [-0.3, -0.25) is 27.3 Å². The summed E-state index contributed by atoms with van der Waals surface area (Å²) in [4.78, 5) is -2.73. The van der Waals surface area contributed by atoms with E-state index in [1.165, 1.54) is 72.8 Å². The van der Waals surface area contributed by atoms with Gasteiger partial charge in [0.1, 0.15) is 41.6 Å². The smallest absolute Gasteiger partial charge is 0.282 e. The molecule has 7 aromatic carbocycles. The van der Waals surface area contributed by atoms with Crippen LogP contribution in [-0.4, -0.2) is 285 Å². The minimum Gasteiger partial charge on any atom is -0.282 e. The minimum atomic E-state index is -5.02. The normalized spacial score (nSPS) is 12.4. The molecule has 0 saturated heterocycles. The number of hydrogen-bond acceptors (Lipinski definition) is 16. The van der Waals surface area contributed by atoms with E-state index < -0.39 is 90.1 Å². The van der Waals surface area contributed by atoms with E-state index in [-0.39, 0.29) is 243 Å². The molecule has 0 atom stereocenters. The molecule has 2 heterocycles. The second kappa shape index (κ2) is 26.4. The van der Waals surface area contributed by atoms with Crippen molar-refractivity contribution in [2.45, 2.75) is 29.4 Å². The molecule has 376 valence electrons. The molecule has 2 aromatic heterocycles. The quantitative estimate of drug-likeness (QED) is 0.0581. The Hall–Kier alpha value is -1.20. The van der Waals surface area contributed by atoms with E-state index in [9.17, 15) is 77.8 Å². The number of benzene rings is 7. The molecule has 24 nitrogen and oxygen atoms in total. The molecule has 0 bridgehead atoms. The Morgan fingerprint density at radius 3 is 0.936 bits per heavy atom. The maximum absolute atomic E-state index is 12.6. The van der Waals surface area contributed by atoms with Crippen LogP contribution < -0.4 is 0 Å². The minimum absolute atomic E-state index is 0. The van der Waals surface area contributed by atoms with Gasteiger partial charge in [0.25, 0.3) is 60.7 Å². The topological polar surface area (TPSA) is 388 Å². The fourth-order valence-electron chi connectivity index (χ4n) is 7.57. The predicted molar refractivity (Wildman–Crippen MR) is 290 cm³/mol. The molecule has 0 spiro atoms. The SMILES string of the molecule is O=S(=O)(O)c1cc(S(=O)(=O)O)c2ccc3nn(-c4ccc(C=Cc5ccc(C=Cc6ccc(-n7nc8ccc9c(S(=O)(=O)O)cc(S(=O)(=O)O)cc9c8n7)cc6S(=O)(=O)O)cc5)c(S(=O)(=O)O)c4)nc3c2c1.[Na].[Na].[Na].[Na].[Na].[Na]. The van der Waals surface area contributed by atoms with Gasteiger partial charge in [-0.05, 0) is 82.9 Å². The zero-order valence-corrected chi connectivity index (χ0v) is 58.3. The summed E-state index contributed by atoms with van der Waals surface area (Å²) >= 11 is 0. The maximum atomic E-state index is 12.6. The average Bonchev–Trinajstić information content (AvgIpc) is 3.94. The van der Waals surface area contributed by atoms with Crippen LogP contribution in [0.15, 0.2) is 139 Å². The second-order valence-corrected chi connectivity index (χ2v) is 23.9. The Kier molecular flexibility index (Phi) is 24.0. The standard InChI is InChI=1S/C42H28N6O18S6.6Na/c49-67(50,51)29-19-33-31(39(21-29)71(61,62)63)13-15-35-41(33)45-47(43-35)27-11-9-25(37(17-27)69(55,56)57)7-5-23-1-2-24(4-3-23)6-8-26-10-12-28(18-38(26)70(58,59)60)48-44-36-16-14-32-34(42(36)46-48)20-30(68(52,53)54)22-40(32)72(64,65)66;;;;;;/h1-22H,(H,49,50,51)(H,52,53,54)(H,55,56,57)(H,58,59,60)(H,61,62,63)(H,64,65,66);;;;;;. The van der Waals surface area contributed by atoms with Gasteiger partial charge in [0, 0.05) is 199 Å². The van der Waals surface area contributed by atoms with Gasteiger partial charge in [-0.2, -0.15) is 60.1 Å². The predicted octanol–water partition coefficient (Wildman–Crippen LogP) is 3.00. The largest absolute Gasteiger partial charge is 0.295 e. The van der Waals surface area contributed by atoms with Crippen molar-refractivity contribution >= 4 is 306 Å². The zero-order valence-electron chi connectivity index (χ0n) is 41.4. The van der Waals surface area contributed by atoms with Gasteiger partial charge in [-0.1, -0.05) is 72.8 Å². The second-order valence-electron chi connectivity index (χ2n) is 15.5. The number of fused-ring (bicyclic) bond motifs is 6. The summed E-state index contributed by atoms with van der Waals surface area (Å²) in [6, 6.07) is 21.9. The van der Waals surface area contributed by atoms with Gasteiger partial charge in [0.15, 0.2) is 0 Å². The van der Waals surface area contributed by atoms with Crippen LogP contribution in [0.25, 0.3) is 79.3 Å². The molecule has 9 aromatic rings.